The maximum atomic E-state index is 11.6. The molecule has 0 atom stereocenters. The molecular weight excluding hydrogens is 188 g/mol. The Morgan fingerprint density at radius 3 is 2.73 bits per heavy atom. The van der Waals surface area contributed by atoms with Crippen molar-refractivity contribution in [3.05, 3.63) is 39.8 Å². The van der Waals surface area contributed by atoms with Crippen molar-refractivity contribution in [3.63, 3.8) is 0 Å². The molecule has 0 bridgehead atoms. The first-order valence-electron chi connectivity index (χ1n) is 5.25. The molecule has 0 spiro atoms. The van der Waals surface area contributed by atoms with Crippen LogP contribution in [-0.2, 0) is 12.8 Å². The van der Waals surface area contributed by atoms with Gasteiger partial charge in [0.25, 0.3) is 5.56 Å². The van der Waals surface area contributed by atoms with E-state index in [-0.39, 0.29) is 5.56 Å². The summed E-state index contributed by atoms with van der Waals surface area (Å²) in [6.07, 6.45) is 3.53. The van der Waals surface area contributed by atoms with Crippen molar-refractivity contribution in [2.45, 2.75) is 26.7 Å². The molecule has 15 heavy (non-hydrogen) atoms. The minimum Gasteiger partial charge on any atom is -0.320 e. The summed E-state index contributed by atoms with van der Waals surface area (Å²) in [6, 6.07) is 3.86. The maximum Gasteiger partial charge on any atom is 0.251 e. The molecule has 0 fully saturated rings. The zero-order valence-electron chi connectivity index (χ0n) is 9.00. The van der Waals surface area contributed by atoms with Crippen molar-refractivity contribution in [1.29, 1.82) is 0 Å². The molecule has 78 valence electrons. The molecule has 0 amide bonds. The molecule has 3 nitrogen and oxygen atoms in total. The van der Waals surface area contributed by atoms with Crippen LogP contribution in [0.15, 0.2) is 23.1 Å². The average molecular weight is 202 g/mol. The predicted molar refractivity (Wildman–Crippen MR) is 61.1 cm³/mol. The SMILES string of the molecule is CCc1cnc2cc(CC)c(=O)[nH]c2c1. The van der Waals surface area contributed by atoms with Crippen molar-refractivity contribution in [1.82, 2.24) is 9.97 Å². The molecule has 0 saturated heterocycles. The summed E-state index contributed by atoms with van der Waals surface area (Å²) in [4.78, 5) is 18.8. The monoisotopic (exact) mass is 202 g/mol. The van der Waals surface area contributed by atoms with Crippen LogP contribution in [0.3, 0.4) is 0 Å². The molecule has 1 N–H and O–H groups in total. The number of H-pyrrole nitrogens is 1. The lowest BCUT2D eigenvalue weighted by Gasteiger charge is -2.02. The summed E-state index contributed by atoms with van der Waals surface area (Å²) >= 11 is 0. The Balaban J connectivity index is 2.70. The van der Waals surface area contributed by atoms with Gasteiger partial charge in [0.1, 0.15) is 0 Å². The summed E-state index contributed by atoms with van der Waals surface area (Å²) in [7, 11) is 0. The Hall–Kier alpha value is -1.64. The molecule has 2 heterocycles. The topological polar surface area (TPSA) is 45.8 Å². The third-order valence-electron chi connectivity index (χ3n) is 2.62. The highest BCUT2D eigenvalue weighted by Gasteiger charge is 2.02. The number of rotatable bonds is 2. The van der Waals surface area contributed by atoms with E-state index in [1.165, 1.54) is 0 Å². The summed E-state index contributed by atoms with van der Waals surface area (Å²) in [6.45, 7) is 4.04. The number of aromatic amines is 1. The Morgan fingerprint density at radius 1 is 1.27 bits per heavy atom. The lowest BCUT2D eigenvalue weighted by molar-refractivity contribution is 1.06. The Kier molecular flexibility index (Phi) is 2.54. The van der Waals surface area contributed by atoms with Gasteiger partial charge in [-0.05, 0) is 30.5 Å². The van der Waals surface area contributed by atoms with Crippen molar-refractivity contribution in [3.8, 4) is 0 Å². The first-order chi connectivity index (χ1) is 7.24. The van der Waals surface area contributed by atoms with Crippen molar-refractivity contribution >= 4 is 11.0 Å². The van der Waals surface area contributed by atoms with Gasteiger partial charge in [-0.2, -0.15) is 0 Å². The van der Waals surface area contributed by atoms with Gasteiger partial charge in [-0.1, -0.05) is 13.8 Å². The lowest BCUT2D eigenvalue weighted by Crippen LogP contribution is -2.11. The van der Waals surface area contributed by atoms with Crippen molar-refractivity contribution in [2.24, 2.45) is 0 Å². The van der Waals surface area contributed by atoms with Crippen LogP contribution in [0.5, 0.6) is 0 Å². The number of nitrogens with zero attached hydrogens (tertiary/aromatic N) is 1. The zero-order chi connectivity index (χ0) is 10.8. The van der Waals surface area contributed by atoms with Crippen molar-refractivity contribution in [2.75, 3.05) is 0 Å². The molecule has 0 radical (unpaired) electrons. The summed E-state index contributed by atoms with van der Waals surface area (Å²) in [5.74, 6) is 0. The fourth-order valence-electron chi connectivity index (χ4n) is 1.62. The van der Waals surface area contributed by atoms with Crippen LogP contribution in [0.4, 0.5) is 0 Å². The summed E-state index contributed by atoms with van der Waals surface area (Å²) < 4.78 is 0. The minimum atomic E-state index is 0.0000491. The molecule has 0 aliphatic carbocycles. The highest BCUT2D eigenvalue weighted by Crippen LogP contribution is 2.10. The van der Waals surface area contributed by atoms with Gasteiger partial charge < -0.3 is 4.98 Å². The van der Waals surface area contributed by atoms with E-state index < -0.39 is 0 Å². The first-order valence-corrected chi connectivity index (χ1v) is 5.25. The number of nitrogens with one attached hydrogen (secondary N) is 1. The zero-order valence-corrected chi connectivity index (χ0v) is 9.00. The summed E-state index contributed by atoms with van der Waals surface area (Å²) in [5.41, 5.74) is 3.63. The average Bonchev–Trinajstić information content (AvgIpc) is 2.27. The van der Waals surface area contributed by atoms with Gasteiger partial charge in [0.2, 0.25) is 0 Å². The molecule has 3 heteroatoms. The van der Waals surface area contributed by atoms with E-state index in [4.69, 9.17) is 0 Å². The largest absolute Gasteiger partial charge is 0.320 e. The van der Waals surface area contributed by atoms with E-state index in [1.807, 2.05) is 25.3 Å². The smallest absolute Gasteiger partial charge is 0.251 e. The van der Waals surface area contributed by atoms with Gasteiger partial charge in [0.15, 0.2) is 0 Å². The van der Waals surface area contributed by atoms with Gasteiger partial charge >= 0.3 is 0 Å². The maximum absolute atomic E-state index is 11.6. The molecule has 0 aliphatic heterocycles. The van der Waals surface area contributed by atoms with Crippen LogP contribution >= 0.6 is 0 Å². The molecule has 0 aromatic carbocycles. The third kappa shape index (κ3) is 1.77. The predicted octanol–water partition coefficient (Wildman–Crippen LogP) is 2.05. The number of fused-ring (bicyclic) bond motifs is 1. The molecule has 2 rings (SSSR count). The number of hydrogen-bond acceptors (Lipinski definition) is 2. The third-order valence-corrected chi connectivity index (χ3v) is 2.62. The second-order valence-corrected chi connectivity index (χ2v) is 3.61. The van der Waals surface area contributed by atoms with Crippen LogP contribution in [0.1, 0.15) is 25.0 Å². The first kappa shape index (κ1) is 9.90. The number of aryl methyl sites for hydroxylation is 2. The second kappa shape index (κ2) is 3.85. The molecule has 0 saturated carbocycles. The molecule has 0 aliphatic rings. The van der Waals surface area contributed by atoms with Gasteiger partial charge in [-0.25, -0.2) is 0 Å². The fraction of sp³-hybridized carbons (Fsp3) is 0.333. The highest BCUT2D eigenvalue weighted by atomic mass is 16.1. The minimum absolute atomic E-state index is 0.0000491. The van der Waals surface area contributed by atoms with Crippen LogP contribution in [-0.4, -0.2) is 9.97 Å². The Morgan fingerprint density at radius 2 is 2.07 bits per heavy atom. The van der Waals surface area contributed by atoms with E-state index in [1.54, 1.807) is 0 Å². The highest BCUT2D eigenvalue weighted by molar-refractivity contribution is 5.74. The number of pyridine rings is 2. The van der Waals surface area contributed by atoms with Crippen molar-refractivity contribution < 1.29 is 0 Å². The van der Waals surface area contributed by atoms with Crippen LogP contribution in [0.2, 0.25) is 0 Å². The normalized spacial score (nSPS) is 10.8. The van der Waals surface area contributed by atoms with Crippen LogP contribution in [0, 0.1) is 0 Å². The standard InChI is InChI=1S/C12H14N2O/c1-3-8-5-11-10(13-7-8)6-9(4-2)12(15)14-11/h5-7H,3-4H2,1-2H3,(H,14,15). The van der Waals surface area contributed by atoms with E-state index in [9.17, 15) is 4.79 Å². The van der Waals surface area contributed by atoms with Gasteiger partial charge in [-0.3, -0.25) is 9.78 Å². The van der Waals surface area contributed by atoms with Gasteiger partial charge in [0, 0.05) is 11.8 Å². The lowest BCUT2D eigenvalue weighted by atomic mass is 10.1. The molecule has 2 aromatic heterocycles. The molecular formula is C12H14N2O. The van der Waals surface area contributed by atoms with E-state index in [2.05, 4.69) is 16.9 Å². The van der Waals surface area contributed by atoms with Gasteiger partial charge in [-0.15, -0.1) is 0 Å². The van der Waals surface area contributed by atoms with Crippen LogP contribution < -0.4 is 5.56 Å². The van der Waals surface area contributed by atoms with E-state index >= 15 is 0 Å². The number of hydrogen-bond donors (Lipinski definition) is 1. The van der Waals surface area contributed by atoms with Crippen LogP contribution in [0.25, 0.3) is 11.0 Å². The summed E-state index contributed by atoms with van der Waals surface area (Å²) in [5, 5.41) is 0. The number of aromatic nitrogens is 2. The second-order valence-electron chi connectivity index (χ2n) is 3.61. The van der Waals surface area contributed by atoms with Gasteiger partial charge in [0.05, 0.1) is 11.0 Å². The Labute approximate surface area is 88.2 Å². The fourth-order valence-corrected chi connectivity index (χ4v) is 1.62. The quantitative estimate of drug-likeness (QED) is 0.810. The molecule has 0 unspecified atom stereocenters. The Bertz CT molecular complexity index is 543. The molecule has 2 aromatic rings. The van der Waals surface area contributed by atoms with E-state index in [0.29, 0.717) is 0 Å². The van der Waals surface area contributed by atoms with E-state index in [0.717, 1.165) is 35.0 Å².